The second-order valence-corrected chi connectivity index (χ2v) is 6.57. The van der Waals surface area contributed by atoms with Crippen LogP contribution in [0.4, 0.5) is 13.2 Å². The van der Waals surface area contributed by atoms with Crippen molar-refractivity contribution in [1.82, 2.24) is 15.5 Å². The van der Waals surface area contributed by atoms with E-state index in [1.165, 1.54) is 4.90 Å². The van der Waals surface area contributed by atoms with E-state index < -0.39 is 24.7 Å². The van der Waals surface area contributed by atoms with Gasteiger partial charge in [0.1, 0.15) is 11.8 Å². The van der Waals surface area contributed by atoms with Crippen molar-refractivity contribution in [3.63, 3.8) is 0 Å². The van der Waals surface area contributed by atoms with Crippen molar-refractivity contribution in [1.29, 1.82) is 0 Å². The van der Waals surface area contributed by atoms with Gasteiger partial charge in [-0.3, -0.25) is 9.69 Å². The van der Waals surface area contributed by atoms with Gasteiger partial charge in [0.15, 0.2) is 0 Å². The average Bonchev–Trinajstić information content (AvgIpc) is 2.54. The molecule has 0 spiro atoms. The lowest BCUT2D eigenvalue weighted by atomic mass is 10.1. The number of nitrogens with one attached hydrogen (secondary N) is 2. The fourth-order valence-corrected chi connectivity index (χ4v) is 3.02. The Bertz CT molecular complexity index is 582. The second-order valence-electron chi connectivity index (χ2n) is 6.57. The average molecular weight is 373 g/mol. The first-order chi connectivity index (χ1) is 12.3. The van der Waals surface area contributed by atoms with E-state index in [-0.39, 0.29) is 13.0 Å². The third-order valence-corrected chi connectivity index (χ3v) is 4.26. The Morgan fingerprint density at radius 1 is 1.23 bits per heavy atom. The van der Waals surface area contributed by atoms with E-state index in [4.69, 9.17) is 4.74 Å². The molecule has 1 aliphatic rings. The predicted molar refractivity (Wildman–Crippen MR) is 93.3 cm³/mol. The summed E-state index contributed by atoms with van der Waals surface area (Å²) in [6.45, 7) is 5.24. The number of carbonyl (C=O) groups is 1. The van der Waals surface area contributed by atoms with Crippen molar-refractivity contribution in [2.75, 3.05) is 39.3 Å². The number of piperazine rings is 1. The Hall–Kier alpha value is -1.80. The summed E-state index contributed by atoms with van der Waals surface area (Å²) in [5.41, 5.74) is 2.10. The summed E-state index contributed by atoms with van der Waals surface area (Å²) in [5.74, 6) is 0.211. The standard InChI is InChI=1S/C18H26F3N3O2/c1-13-9-14(2)11-15(10-13)26-8-3-17(25)23-12-16(18(19,20)21)24-6-4-22-5-7-24/h9-11,16,22H,3-8,12H2,1-2H3,(H,23,25). The molecule has 26 heavy (non-hydrogen) atoms. The van der Waals surface area contributed by atoms with Crippen LogP contribution in [0.1, 0.15) is 17.5 Å². The minimum absolute atomic E-state index is 0.0130. The lowest BCUT2D eigenvalue weighted by Gasteiger charge is -2.35. The minimum atomic E-state index is -4.37. The van der Waals surface area contributed by atoms with Gasteiger partial charge in [-0.15, -0.1) is 0 Å². The molecule has 1 fully saturated rings. The molecular weight excluding hydrogens is 347 g/mol. The molecule has 1 amide bonds. The molecule has 0 saturated carbocycles. The summed E-state index contributed by atoms with van der Waals surface area (Å²) in [7, 11) is 0. The quantitative estimate of drug-likeness (QED) is 0.768. The van der Waals surface area contributed by atoms with Crippen molar-refractivity contribution in [2.45, 2.75) is 32.5 Å². The lowest BCUT2D eigenvalue weighted by Crippen LogP contribution is -2.57. The maximum atomic E-state index is 13.3. The molecule has 1 aromatic carbocycles. The Kier molecular flexibility index (Phi) is 7.28. The van der Waals surface area contributed by atoms with Crippen LogP contribution in [0.5, 0.6) is 5.75 Å². The molecule has 146 valence electrons. The van der Waals surface area contributed by atoms with E-state index in [9.17, 15) is 18.0 Å². The number of amides is 1. The number of hydrogen-bond acceptors (Lipinski definition) is 4. The van der Waals surface area contributed by atoms with Gasteiger partial charge in [0.2, 0.25) is 5.91 Å². The van der Waals surface area contributed by atoms with E-state index >= 15 is 0 Å². The molecule has 1 aromatic rings. The normalized spacial score (nSPS) is 17.0. The van der Waals surface area contributed by atoms with Crippen molar-refractivity contribution >= 4 is 5.91 Å². The zero-order chi connectivity index (χ0) is 19.2. The summed E-state index contributed by atoms with van der Waals surface area (Å²) >= 11 is 0. The van der Waals surface area contributed by atoms with Crippen LogP contribution in [0.15, 0.2) is 18.2 Å². The highest BCUT2D eigenvalue weighted by molar-refractivity contribution is 5.76. The topological polar surface area (TPSA) is 53.6 Å². The maximum Gasteiger partial charge on any atom is 0.405 e. The molecule has 0 aliphatic carbocycles. The van der Waals surface area contributed by atoms with E-state index in [0.29, 0.717) is 31.9 Å². The van der Waals surface area contributed by atoms with Gasteiger partial charge in [0.25, 0.3) is 0 Å². The summed E-state index contributed by atoms with van der Waals surface area (Å²) in [5, 5.41) is 5.42. The number of alkyl halides is 3. The van der Waals surface area contributed by atoms with Gasteiger partial charge in [-0.05, 0) is 37.1 Å². The molecule has 2 rings (SSSR count). The molecule has 2 N–H and O–H groups in total. The van der Waals surface area contributed by atoms with Crippen LogP contribution in [0.25, 0.3) is 0 Å². The van der Waals surface area contributed by atoms with Crippen molar-refractivity contribution in [3.05, 3.63) is 29.3 Å². The van der Waals surface area contributed by atoms with Crippen LogP contribution in [0.2, 0.25) is 0 Å². The Labute approximate surface area is 151 Å². The van der Waals surface area contributed by atoms with Gasteiger partial charge < -0.3 is 15.4 Å². The predicted octanol–water partition coefficient (Wildman–Crippen LogP) is 2.02. The highest BCUT2D eigenvalue weighted by Gasteiger charge is 2.43. The molecule has 1 saturated heterocycles. The Morgan fingerprint density at radius 3 is 2.42 bits per heavy atom. The largest absolute Gasteiger partial charge is 0.493 e. The summed E-state index contributed by atoms with van der Waals surface area (Å²) < 4.78 is 45.3. The lowest BCUT2D eigenvalue weighted by molar-refractivity contribution is -0.184. The fraction of sp³-hybridized carbons (Fsp3) is 0.611. The zero-order valence-corrected chi connectivity index (χ0v) is 15.2. The SMILES string of the molecule is Cc1cc(C)cc(OCCC(=O)NCC(N2CCNCC2)C(F)(F)F)c1. The fourth-order valence-electron chi connectivity index (χ4n) is 3.02. The first kappa shape index (κ1) is 20.5. The summed E-state index contributed by atoms with van der Waals surface area (Å²) in [4.78, 5) is 13.3. The molecule has 1 atom stereocenters. The third-order valence-electron chi connectivity index (χ3n) is 4.26. The molecule has 0 radical (unpaired) electrons. The van der Waals surface area contributed by atoms with Gasteiger partial charge >= 0.3 is 6.18 Å². The molecule has 1 aliphatic heterocycles. The van der Waals surface area contributed by atoms with Crippen LogP contribution < -0.4 is 15.4 Å². The number of aryl methyl sites for hydroxylation is 2. The number of hydrogen-bond donors (Lipinski definition) is 2. The summed E-state index contributed by atoms with van der Waals surface area (Å²) in [6, 6.07) is 4.06. The Balaban J connectivity index is 1.78. The highest BCUT2D eigenvalue weighted by atomic mass is 19.4. The molecule has 1 unspecified atom stereocenters. The van der Waals surface area contributed by atoms with Gasteiger partial charge in [-0.1, -0.05) is 6.07 Å². The number of rotatable bonds is 7. The van der Waals surface area contributed by atoms with Crippen molar-refractivity contribution in [2.24, 2.45) is 0 Å². The third kappa shape index (κ3) is 6.49. The molecule has 0 bridgehead atoms. The van der Waals surface area contributed by atoms with E-state index in [2.05, 4.69) is 10.6 Å². The van der Waals surface area contributed by atoms with Gasteiger partial charge in [-0.2, -0.15) is 13.2 Å². The van der Waals surface area contributed by atoms with Crippen molar-refractivity contribution < 1.29 is 22.7 Å². The first-order valence-corrected chi connectivity index (χ1v) is 8.75. The van der Waals surface area contributed by atoms with E-state index in [1.54, 1.807) is 0 Å². The molecular formula is C18H26F3N3O2. The van der Waals surface area contributed by atoms with Gasteiger partial charge in [0.05, 0.1) is 13.0 Å². The molecule has 5 nitrogen and oxygen atoms in total. The molecule has 8 heteroatoms. The maximum absolute atomic E-state index is 13.3. The summed E-state index contributed by atoms with van der Waals surface area (Å²) in [6.07, 6.45) is -4.36. The van der Waals surface area contributed by atoms with Gasteiger partial charge in [0, 0.05) is 32.7 Å². The van der Waals surface area contributed by atoms with Crippen molar-refractivity contribution in [3.8, 4) is 5.75 Å². The van der Waals surface area contributed by atoms with E-state index in [0.717, 1.165) is 11.1 Å². The Morgan fingerprint density at radius 2 is 1.85 bits per heavy atom. The number of benzene rings is 1. The smallest absolute Gasteiger partial charge is 0.405 e. The monoisotopic (exact) mass is 373 g/mol. The zero-order valence-electron chi connectivity index (χ0n) is 15.2. The number of nitrogens with zero attached hydrogens (tertiary/aromatic N) is 1. The van der Waals surface area contributed by atoms with Crippen LogP contribution in [0.3, 0.4) is 0 Å². The first-order valence-electron chi connectivity index (χ1n) is 8.75. The van der Waals surface area contributed by atoms with E-state index in [1.807, 2.05) is 32.0 Å². The van der Waals surface area contributed by atoms with Gasteiger partial charge in [-0.25, -0.2) is 0 Å². The molecule has 1 heterocycles. The second kappa shape index (κ2) is 9.23. The van der Waals surface area contributed by atoms with Crippen LogP contribution >= 0.6 is 0 Å². The highest BCUT2D eigenvalue weighted by Crippen LogP contribution is 2.24. The van der Waals surface area contributed by atoms with Crippen LogP contribution in [-0.2, 0) is 4.79 Å². The number of halogens is 3. The number of carbonyl (C=O) groups excluding carboxylic acids is 1. The molecule has 0 aromatic heterocycles. The van der Waals surface area contributed by atoms with Crippen LogP contribution in [-0.4, -0.2) is 62.4 Å². The minimum Gasteiger partial charge on any atom is -0.493 e. The number of ether oxygens (including phenoxy) is 1. The van der Waals surface area contributed by atoms with Crippen LogP contribution in [0, 0.1) is 13.8 Å².